The Morgan fingerprint density at radius 1 is 0.766 bits per heavy atom. The number of anilines is 2. The van der Waals surface area contributed by atoms with Crippen LogP contribution in [0.4, 0.5) is 11.4 Å². The zero-order valence-electron chi connectivity index (χ0n) is 36.4. The van der Waals surface area contributed by atoms with Gasteiger partial charge < -0.3 is 40.1 Å². The number of esters is 2. The van der Waals surface area contributed by atoms with Gasteiger partial charge in [-0.2, -0.15) is 4.57 Å². The van der Waals surface area contributed by atoms with Crippen LogP contribution in [-0.2, 0) is 35.2 Å². The van der Waals surface area contributed by atoms with Crippen LogP contribution in [-0.4, -0.2) is 122 Å². The summed E-state index contributed by atoms with van der Waals surface area (Å²) in [6, 6.07) is 18.1. The van der Waals surface area contributed by atoms with Gasteiger partial charge in [-0.25, -0.2) is 9.59 Å². The first kappa shape index (κ1) is 49.3. The maximum Gasteiger partial charge on any atom is 0.329 e. The molecule has 2 amide bonds. The van der Waals surface area contributed by atoms with Crippen molar-refractivity contribution in [3.63, 3.8) is 0 Å². The fourth-order valence-corrected chi connectivity index (χ4v) is 9.08. The number of nitrogens with zero attached hydrogens (tertiary/aromatic N) is 4. The Bertz CT molecular complexity index is 2130. The molecule has 16 heteroatoms. The molecule has 2 saturated heterocycles. The van der Waals surface area contributed by atoms with E-state index in [0.717, 1.165) is 59.6 Å². The van der Waals surface area contributed by atoms with E-state index in [9.17, 15) is 29.4 Å². The van der Waals surface area contributed by atoms with Gasteiger partial charge in [0.2, 0.25) is 12.5 Å². The third kappa shape index (κ3) is 16.5. The zero-order valence-corrected chi connectivity index (χ0v) is 38.1. The van der Waals surface area contributed by atoms with E-state index in [-0.39, 0.29) is 55.9 Å². The first-order valence-corrected chi connectivity index (χ1v) is 23.9. The molecule has 2 aliphatic heterocycles. The molecule has 3 heterocycles. The molecule has 0 saturated carbocycles. The summed E-state index contributed by atoms with van der Waals surface area (Å²) < 4.78 is 12.1. The second kappa shape index (κ2) is 26.2. The molecule has 340 valence electrons. The number of aliphatic imine (C=N–C) groups is 1. The Balaban J connectivity index is 1.05. The number of carbonyl (C=O) groups excluding carboxylic acids is 4. The predicted octanol–water partition coefficient (Wildman–Crippen LogP) is 4.66. The van der Waals surface area contributed by atoms with Gasteiger partial charge in [-0.05, 0) is 79.3 Å². The minimum Gasteiger partial charge on any atom is -0.464 e. The van der Waals surface area contributed by atoms with Crippen LogP contribution in [0.25, 0.3) is 18.2 Å². The van der Waals surface area contributed by atoms with Crippen LogP contribution in [0.2, 0.25) is 0 Å². The molecule has 64 heavy (non-hydrogen) atoms. The number of ether oxygens (including phenoxy) is 2. The molecule has 2 fully saturated rings. The molecule has 0 bridgehead atoms. The van der Waals surface area contributed by atoms with Gasteiger partial charge in [0.25, 0.3) is 5.91 Å². The standard InChI is InChI=1S/C48H58N6O8S2/c1-4-35(7-8-36-11-15-39(16-12-36)53-27-22-41(55)30-53)19-24-49-29-45(57)50-43(47(59)61-5-2)33-63-64-34-44(48(60)62-6-3)51-46(58)32-52-25-20-38(21-26-52)10-9-37-13-17-40(18-14-37)54-28-23-42(56)31-54/h4,7-21,24-26,41-44,55-56H,1,5-6,22-23,27-34H2,2-3H3,(H-,50,51,57,58)/p+1/b8-7+,35-19+,49-24+. The molecule has 4 unspecified atom stereocenters. The summed E-state index contributed by atoms with van der Waals surface area (Å²) in [5.74, 6) is -1.73. The largest absolute Gasteiger partial charge is 0.464 e. The Kier molecular flexibility index (Phi) is 20.2. The molecule has 14 nitrogen and oxygen atoms in total. The van der Waals surface area contributed by atoms with Gasteiger partial charge in [0, 0.05) is 67.4 Å². The quantitative estimate of drug-likeness (QED) is 0.0259. The molecule has 0 aliphatic carbocycles. The number of aromatic nitrogens is 1. The van der Waals surface area contributed by atoms with E-state index in [4.69, 9.17) is 9.47 Å². The van der Waals surface area contributed by atoms with Crippen LogP contribution in [0, 0.1) is 0 Å². The first-order valence-electron chi connectivity index (χ1n) is 21.4. The van der Waals surface area contributed by atoms with E-state index >= 15 is 0 Å². The summed E-state index contributed by atoms with van der Waals surface area (Å²) in [7, 11) is 2.50. The highest BCUT2D eigenvalue weighted by Crippen LogP contribution is 2.25. The van der Waals surface area contributed by atoms with Crippen molar-refractivity contribution in [2.45, 2.75) is 57.5 Å². The Morgan fingerprint density at radius 2 is 1.25 bits per heavy atom. The van der Waals surface area contributed by atoms with Crippen LogP contribution in [0.15, 0.2) is 108 Å². The van der Waals surface area contributed by atoms with E-state index in [0.29, 0.717) is 13.1 Å². The van der Waals surface area contributed by atoms with Crippen molar-refractivity contribution in [2.24, 2.45) is 4.99 Å². The number of hydrogen-bond acceptors (Lipinski definition) is 13. The molecule has 4 atom stereocenters. The smallest absolute Gasteiger partial charge is 0.329 e. The molecule has 4 N–H and O–H groups in total. The van der Waals surface area contributed by atoms with Gasteiger partial charge in [0.1, 0.15) is 18.6 Å². The van der Waals surface area contributed by atoms with Crippen LogP contribution >= 0.6 is 21.6 Å². The number of aliphatic hydroxyl groups is 2. The third-order valence-corrected chi connectivity index (χ3v) is 12.7. The molecule has 2 aromatic carbocycles. The van der Waals surface area contributed by atoms with E-state index in [1.807, 2.05) is 72.8 Å². The highest BCUT2D eigenvalue weighted by atomic mass is 33.1. The minimum atomic E-state index is -0.967. The number of aliphatic hydroxyl groups excluding tert-OH is 2. The summed E-state index contributed by atoms with van der Waals surface area (Å²) in [6.07, 6.45) is 17.3. The number of amides is 2. The summed E-state index contributed by atoms with van der Waals surface area (Å²) in [5, 5.41) is 25.1. The summed E-state index contributed by atoms with van der Waals surface area (Å²) in [6.45, 7) is 10.2. The molecular formula is C48H59N6O8S2+. The fourth-order valence-electron chi connectivity index (χ4n) is 6.78. The molecule has 0 radical (unpaired) electrons. The van der Waals surface area contributed by atoms with Crippen molar-refractivity contribution >= 4 is 81.2 Å². The second-order valence-corrected chi connectivity index (χ2v) is 17.7. The second-order valence-electron chi connectivity index (χ2n) is 15.1. The number of pyridine rings is 1. The maximum absolute atomic E-state index is 13.1. The highest BCUT2D eigenvalue weighted by molar-refractivity contribution is 8.76. The van der Waals surface area contributed by atoms with Crippen LogP contribution in [0.3, 0.4) is 0 Å². The van der Waals surface area contributed by atoms with E-state index in [1.54, 1.807) is 43.0 Å². The third-order valence-electron chi connectivity index (χ3n) is 10.2. The summed E-state index contributed by atoms with van der Waals surface area (Å²) in [4.78, 5) is 60.0. The number of carbonyl (C=O) groups is 4. The van der Waals surface area contributed by atoms with Crippen LogP contribution in [0.5, 0.6) is 0 Å². The zero-order chi connectivity index (χ0) is 45.7. The summed E-state index contributed by atoms with van der Waals surface area (Å²) >= 11 is 0. The van der Waals surface area contributed by atoms with Crippen molar-refractivity contribution < 1.29 is 43.4 Å². The SMILES string of the molecule is C=CC(/C=C/c1ccc(N2CCC(O)C2)cc1)=C\C=N\CC(=O)NC(CSSCC(NC(=O)C[n+]1ccc(/C=C/c2ccc(N3CCC(O)C3)cc2)cc1)C(=O)OCC)C(=O)OCC. The highest BCUT2D eigenvalue weighted by Gasteiger charge is 2.26. The number of hydrogen-bond donors (Lipinski definition) is 4. The number of benzene rings is 2. The van der Waals surface area contributed by atoms with Crippen molar-refractivity contribution in [3.8, 4) is 0 Å². The number of rotatable bonds is 23. The first-order chi connectivity index (χ1) is 31.0. The molecular weight excluding hydrogens is 853 g/mol. The van der Waals surface area contributed by atoms with Crippen molar-refractivity contribution in [3.05, 3.63) is 120 Å². The molecule has 0 spiro atoms. The van der Waals surface area contributed by atoms with Gasteiger partial charge in [-0.15, -0.1) is 0 Å². The molecule has 3 aromatic rings. The average molecular weight is 912 g/mol. The van der Waals surface area contributed by atoms with Gasteiger partial charge >= 0.3 is 11.9 Å². The maximum atomic E-state index is 13.1. The lowest BCUT2D eigenvalue weighted by Crippen LogP contribution is -2.49. The van der Waals surface area contributed by atoms with E-state index in [2.05, 4.69) is 44.1 Å². The Labute approximate surface area is 383 Å². The topological polar surface area (TPSA) is 174 Å². The van der Waals surface area contributed by atoms with E-state index < -0.39 is 29.9 Å². The molecule has 5 rings (SSSR count). The van der Waals surface area contributed by atoms with Gasteiger partial charge in [0.15, 0.2) is 12.4 Å². The number of β-amino-alcohol motifs (C(OH)–C–C–N with tert-alkyl or cyclic N) is 2. The van der Waals surface area contributed by atoms with Gasteiger partial charge in [0.05, 0.1) is 25.4 Å². The molecule has 2 aliphatic rings. The van der Waals surface area contributed by atoms with Gasteiger partial charge in [-0.1, -0.05) is 82.8 Å². The Morgan fingerprint density at radius 3 is 1.72 bits per heavy atom. The van der Waals surface area contributed by atoms with Crippen LogP contribution < -0.4 is 25.0 Å². The van der Waals surface area contributed by atoms with Crippen molar-refractivity contribution in [1.82, 2.24) is 10.6 Å². The van der Waals surface area contributed by atoms with Crippen molar-refractivity contribution in [1.29, 1.82) is 0 Å². The lowest BCUT2D eigenvalue weighted by molar-refractivity contribution is -0.684. The van der Waals surface area contributed by atoms with Crippen LogP contribution in [0.1, 0.15) is 43.4 Å². The normalized spacial score (nSPS) is 17.5. The lowest BCUT2D eigenvalue weighted by Gasteiger charge is -2.18. The number of allylic oxidation sites excluding steroid dienone is 4. The minimum absolute atomic E-state index is 0.0216. The van der Waals surface area contributed by atoms with Gasteiger partial charge in [-0.3, -0.25) is 14.6 Å². The van der Waals surface area contributed by atoms with E-state index in [1.165, 1.54) is 27.8 Å². The lowest BCUT2D eigenvalue weighted by atomic mass is 10.1. The fraction of sp³-hybridized carbons (Fsp3) is 0.375. The summed E-state index contributed by atoms with van der Waals surface area (Å²) in [5.41, 5.74) is 5.93. The molecule has 1 aromatic heterocycles. The average Bonchev–Trinajstić information content (AvgIpc) is 3.94. The predicted molar refractivity (Wildman–Crippen MR) is 257 cm³/mol. The van der Waals surface area contributed by atoms with Crippen molar-refractivity contribution in [2.75, 3.05) is 67.2 Å². The monoisotopic (exact) mass is 911 g/mol. The Hall–Kier alpha value is -5.68. The number of nitrogens with one attached hydrogen (secondary N) is 2.